The molecule has 0 amide bonds. The zero-order valence-electron chi connectivity index (χ0n) is 8.29. The van der Waals surface area contributed by atoms with Crippen molar-refractivity contribution < 1.29 is 9.90 Å². The second-order valence-electron chi connectivity index (χ2n) is 3.44. The van der Waals surface area contributed by atoms with E-state index in [2.05, 4.69) is 0 Å². The number of rotatable bonds is 4. The highest BCUT2D eigenvalue weighted by molar-refractivity contribution is 5.87. The summed E-state index contributed by atoms with van der Waals surface area (Å²) in [7, 11) is 0. The van der Waals surface area contributed by atoms with Crippen LogP contribution in [0.5, 0.6) is 0 Å². The summed E-state index contributed by atoms with van der Waals surface area (Å²) in [6.45, 7) is 7.26. The molecule has 2 heteroatoms. The molecule has 0 bridgehead atoms. The summed E-state index contributed by atoms with van der Waals surface area (Å²) in [5.74, 6) is 0.112. The molecule has 0 radical (unpaired) electrons. The first-order valence-electron chi connectivity index (χ1n) is 4.34. The Morgan fingerprint density at radius 3 is 2.33 bits per heavy atom. The first kappa shape index (κ1) is 11.4. The van der Waals surface area contributed by atoms with Gasteiger partial charge in [-0.25, -0.2) is 0 Å². The van der Waals surface area contributed by atoms with E-state index >= 15 is 0 Å². The van der Waals surface area contributed by atoms with Gasteiger partial charge < -0.3 is 5.11 Å². The Bertz CT molecular complexity index is 182. The lowest BCUT2D eigenvalue weighted by Gasteiger charge is -2.27. The maximum absolute atomic E-state index is 10.6. The third kappa shape index (κ3) is 3.18. The molecule has 0 aromatic heterocycles. The van der Waals surface area contributed by atoms with Crippen LogP contribution in [-0.4, -0.2) is 16.5 Å². The molecule has 1 N–H and O–H groups in total. The molecule has 0 aliphatic heterocycles. The topological polar surface area (TPSA) is 37.3 Å². The van der Waals surface area contributed by atoms with Crippen LogP contribution in [-0.2, 0) is 4.79 Å². The van der Waals surface area contributed by atoms with Gasteiger partial charge in [-0.3, -0.25) is 4.79 Å². The summed E-state index contributed by atoms with van der Waals surface area (Å²) < 4.78 is 0. The monoisotopic (exact) mass is 170 g/mol. The van der Waals surface area contributed by atoms with E-state index in [9.17, 15) is 9.90 Å². The van der Waals surface area contributed by atoms with Gasteiger partial charge in [0.05, 0.1) is 5.60 Å². The molecule has 0 unspecified atom stereocenters. The van der Waals surface area contributed by atoms with Crippen molar-refractivity contribution in [1.29, 1.82) is 0 Å². The van der Waals surface area contributed by atoms with Crippen molar-refractivity contribution in [2.75, 3.05) is 0 Å². The molecule has 0 fully saturated rings. The van der Waals surface area contributed by atoms with Gasteiger partial charge in [-0.1, -0.05) is 20.8 Å². The van der Waals surface area contributed by atoms with Crippen molar-refractivity contribution >= 4 is 5.78 Å². The summed E-state index contributed by atoms with van der Waals surface area (Å²) in [4.78, 5) is 10.6. The summed E-state index contributed by atoms with van der Waals surface area (Å²) in [6, 6.07) is 0. The molecule has 0 spiro atoms. The molecule has 0 aromatic rings. The van der Waals surface area contributed by atoms with E-state index < -0.39 is 5.60 Å². The summed E-state index contributed by atoms with van der Waals surface area (Å²) in [5.41, 5.74) is -0.828. The van der Waals surface area contributed by atoms with Gasteiger partial charge in [0.25, 0.3) is 0 Å². The fourth-order valence-corrected chi connectivity index (χ4v) is 0.980. The second-order valence-corrected chi connectivity index (χ2v) is 3.44. The molecule has 1 atom stereocenters. The largest absolute Gasteiger partial charge is 0.386 e. The van der Waals surface area contributed by atoms with Crippen LogP contribution in [0.3, 0.4) is 0 Å². The smallest absolute Gasteiger partial charge is 0.152 e. The van der Waals surface area contributed by atoms with Crippen LogP contribution in [0.4, 0.5) is 0 Å². The first-order valence-corrected chi connectivity index (χ1v) is 4.34. The summed E-state index contributed by atoms with van der Waals surface area (Å²) >= 11 is 0. The third-order valence-electron chi connectivity index (χ3n) is 2.17. The standard InChI is InChI=1S/C10H18O2/c1-5-10(12,8(2)3)7-6-9(4)11/h6-8,12H,5H2,1-4H3/b7-6+/t10-/m1/s1. The van der Waals surface area contributed by atoms with Crippen LogP contribution >= 0.6 is 0 Å². The SMILES string of the molecule is CC[C@@](O)(/C=C/C(C)=O)C(C)C. The van der Waals surface area contributed by atoms with E-state index in [0.717, 1.165) is 0 Å². The minimum atomic E-state index is -0.828. The highest BCUT2D eigenvalue weighted by Crippen LogP contribution is 2.22. The number of aliphatic hydroxyl groups is 1. The molecule has 0 saturated heterocycles. The van der Waals surface area contributed by atoms with E-state index in [1.165, 1.54) is 13.0 Å². The first-order chi connectivity index (χ1) is 5.42. The van der Waals surface area contributed by atoms with E-state index in [4.69, 9.17) is 0 Å². The Kier molecular flexibility index (Phi) is 4.18. The molecule has 2 nitrogen and oxygen atoms in total. The van der Waals surface area contributed by atoms with Crippen LogP contribution in [0.15, 0.2) is 12.2 Å². The second kappa shape index (κ2) is 4.41. The minimum absolute atomic E-state index is 0.0254. The van der Waals surface area contributed by atoms with E-state index in [0.29, 0.717) is 6.42 Å². The van der Waals surface area contributed by atoms with Crippen LogP contribution in [0, 0.1) is 5.92 Å². The Morgan fingerprint density at radius 1 is 1.58 bits per heavy atom. The van der Waals surface area contributed by atoms with Gasteiger partial charge in [-0.05, 0) is 31.4 Å². The molecular formula is C10H18O2. The van der Waals surface area contributed by atoms with E-state index in [1.54, 1.807) is 6.08 Å². The molecular weight excluding hydrogens is 152 g/mol. The van der Waals surface area contributed by atoms with Crippen LogP contribution < -0.4 is 0 Å². The number of allylic oxidation sites excluding steroid dienone is 1. The van der Waals surface area contributed by atoms with Gasteiger partial charge in [0.15, 0.2) is 5.78 Å². The third-order valence-corrected chi connectivity index (χ3v) is 2.17. The fourth-order valence-electron chi connectivity index (χ4n) is 0.980. The summed E-state index contributed by atoms with van der Waals surface area (Å²) in [5, 5.41) is 9.91. The average molecular weight is 170 g/mol. The Balaban J connectivity index is 4.44. The number of carbonyl (C=O) groups excluding carboxylic acids is 1. The number of hydrogen-bond acceptors (Lipinski definition) is 2. The van der Waals surface area contributed by atoms with Crippen molar-refractivity contribution in [2.24, 2.45) is 5.92 Å². The van der Waals surface area contributed by atoms with Crippen molar-refractivity contribution in [2.45, 2.75) is 39.7 Å². The molecule has 0 saturated carbocycles. The molecule has 0 aliphatic carbocycles. The Morgan fingerprint density at radius 2 is 2.08 bits per heavy atom. The molecule has 0 heterocycles. The lowest BCUT2D eigenvalue weighted by atomic mass is 9.87. The van der Waals surface area contributed by atoms with Gasteiger partial charge in [-0.2, -0.15) is 0 Å². The fraction of sp³-hybridized carbons (Fsp3) is 0.700. The van der Waals surface area contributed by atoms with Gasteiger partial charge >= 0.3 is 0 Å². The van der Waals surface area contributed by atoms with Crippen molar-refractivity contribution in [3.8, 4) is 0 Å². The molecule has 0 aromatic carbocycles. The predicted octanol–water partition coefficient (Wildman–Crippen LogP) is 1.93. The van der Waals surface area contributed by atoms with E-state index in [-0.39, 0.29) is 11.7 Å². The van der Waals surface area contributed by atoms with Crippen LogP contribution in [0.2, 0.25) is 0 Å². The highest BCUT2D eigenvalue weighted by Gasteiger charge is 2.25. The number of carbonyl (C=O) groups is 1. The van der Waals surface area contributed by atoms with Gasteiger partial charge in [0.2, 0.25) is 0 Å². The van der Waals surface area contributed by atoms with Gasteiger partial charge in [0, 0.05) is 0 Å². The Labute approximate surface area is 74.3 Å². The van der Waals surface area contributed by atoms with Gasteiger partial charge in [-0.15, -0.1) is 0 Å². The molecule has 0 rings (SSSR count). The average Bonchev–Trinajstić information content (AvgIpc) is 1.99. The Hall–Kier alpha value is -0.630. The zero-order valence-corrected chi connectivity index (χ0v) is 8.29. The van der Waals surface area contributed by atoms with Gasteiger partial charge in [0.1, 0.15) is 0 Å². The molecule has 12 heavy (non-hydrogen) atoms. The number of hydrogen-bond donors (Lipinski definition) is 1. The van der Waals surface area contributed by atoms with E-state index in [1.807, 2.05) is 20.8 Å². The zero-order chi connectivity index (χ0) is 9.78. The summed E-state index contributed by atoms with van der Waals surface area (Å²) in [6.07, 6.45) is 3.66. The van der Waals surface area contributed by atoms with Crippen LogP contribution in [0.1, 0.15) is 34.1 Å². The van der Waals surface area contributed by atoms with Crippen molar-refractivity contribution in [3.05, 3.63) is 12.2 Å². The minimum Gasteiger partial charge on any atom is -0.386 e. The lowest BCUT2D eigenvalue weighted by molar-refractivity contribution is -0.112. The number of ketones is 1. The lowest BCUT2D eigenvalue weighted by Crippen LogP contribution is -2.31. The van der Waals surface area contributed by atoms with Crippen molar-refractivity contribution in [1.82, 2.24) is 0 Å². The highest BCUT2D eigenvalue weighted by atomic mass is 16.3. The molecule has 0 aliphatic rings. The van der Waals surface area contributed by atoms with Crippen LogP contribution in [0.25, 0.3) is 0 Å². The molecule has 70 valence electrons. The quantitative estimate of drug-likeness (QED) is 0.654. The maximum atomic E-state index is 10.6. The predicted molar refractivity (Wildman–Crippen MR) is 49.9 cm³/mol. The normalized spacial score (nSPS) is 16.8. The maximum Gasteiger partial charge on any atom is 0.152 e. The van der Waals surface area contributed by atoms with Crippen molar-refractivity contribution in [3.63, 3.8) is 0 Å².